The van der Waals surface area contributed by atoms with E-state index in [-0.39, 0.29) is 5.54 Å². The van der Waals surface area contributed by atoms with Gasteiger partial charge in [0.05, 0.1) is 5.54 Å². The molecule has 1 aromatic rings. The van der Waals surface area contributed by atoms with Crippen LogP contribution in [0.4, 0.5) is 5.95 Å². The van der Waals surface area contributed by atoms with Gasteiger partial charge < -0.3 is 5.73 Å². The first kappa shape index (κ1) is 10.0. The van der Waals surface area contributed by atoms with E-state index in [9.17, 15) is 0 Å². The highest BCUT2D eigenvalue weighted by Crippen LogP contribution is 2.19. The Labute approximate surface area is 79.2 Å². The number of hydrogen-bond donors (Lipinski definition) is 1. The molecule has 1 rings (SSSR count). The van der Waals surface area contributed by atoms with Crippen LogP contribution in [-0.4, -0.2) is 14.8 Å². The fraction of sp³-hybridized carbons (Fsp3) is 0.778. The van der Waals surface area contributed by atoms with E-state index in [1.807, 2.05) is 0 Å². The summed E-state index contributed by atoms with van der Waals surface area (Å²) in [7, 11) is 0. The summed E-state index contributed by atoms with van der Waals surface area (Å²) in [4.78, 5) is 4.21. The fourth-order valence-electron chi connectivity index (χ4n) is 1.08. The Morgan fingerprint density at radius 3 is 2.08 bits per heavy atom. The molecule has 0 saturated heterocycles. The molecule has 2 N–H and O–H groups in total. The molecule has 1 heterocycles. The summed E-state index contributed by atoms with van der Waals surface area (Å²) in [6.45, 7) is 10.3. The van der Waals surface area contributed by atoms with E-state index in [0.29, 0.717) is 11.9 Å². The first-order valence-corrected chi connectivity index (χ1v) is 4.55. The summed E-state index contributed by atoms with van der Waals surface area (Å²) in [5.41, 5.74) is 5.66. The zero-order valence-corrected chi connectivity index (χ0v) is 9.00. The average molecular weight is 182 g/mol. The van der Waals surface area contributed by atoms with Crippen LogP contribution < -0.4 is 5.73 Å². The summed E-state index contributed by atoms with van der Waals surface area (Å²) in [5, 5.41) is 4.36. The molecule has 0 unspecified atom stereocenters. The first-order valence-electron chi connectivity index (χ1n) is 4.55. The van der Waals surface area contributed by atoms with Crippen molar-refractivity contribution in [3.63, 3.8) is 0 Å². The summed E-state index contributed by atoms with van der Waals surface area (Å²) >= 11 is 0. The molecule has 1 aromatic heterocycles. The maximum Gasteiger partial charge on any atom is 0.219 e. The van der Waals surface area contributed by atoms with E-state index >= 15 is 0 Å². The van der Waals surface area contributed by atoms with Gasteiger partial charge in [-0.25, -0.2) is 4.68 Å². The maximum absolute atomic E-state index is 5.75. The minimum atomic E-state index is -0.0930. The molecule has 0 saturated carbocycles. The summed E-state index contributed by atoms with van der Waals surface area (Å²) in [6.07, 6.45) is 0. The van der Waals surface area contributed by atoms with Crippen LogP contribution in [0.5, 0.6) is 0 Å². The zero-order valence-electron chi connectivity index (χ0n) is 9.00. The molecule has 0 amide bonds. The molecule has 4 heteroatoms. The van der Waals surface area contributed by atoms with Crippen LogP contribution in [-0.2, 0) is 5.54 Å². The topological polar surface area (TPSA) is 56.7 Å². The van der Waals surface area contributed by atoms with Gasteiger partial charge in [-0.1, -0.05) is 13.8 Å². The van der Waals surface area contributed by atoms with Crippen LogP contribution in [0.25, 0.3) is 0 Å². The van der Waals surface area contributed by atoms with Gasteiger partial charge in [-0.2, -0.15) is 10.1 Å². The lowest BCUT2D eigenvalue weighted by atomic mass is 10.1. The maximum atomic E-state index is 5.75. The van der Waals surface area contributed by atoms with Crippen molar-refractivity contribution < 1.29 is 0 Å². The Morgan fingerprint density at radius 2 is 1.85 bits per heavy atom. The van der Waals surface area contributed by atoms with E-state index in [1.54, 1.807) is 4.68 Å². The van der Waals surface area contributed by atoms with Gasteiger partial charge in [0, 0.05) is 5.92 Å². The van der Waals surface area contributed by atoms with Crippen LogP contribution in [0.3, 0.4) is 0 Å². The van der Waals surface area contributed by atoms with Gasteiger partial charge in [-0.15, -0.1) is 0 Å². The molecule has 0 aromatic carbocycles. The van der Waals surface area contributed by atoms with E-state index in [1.165, 1.54) is 0 Å². The van der Waals surface area contributed by atoms with Crippen molar-refractivity contribution in [1.29, 1.82) is 0 Å². The Balaban J connectivity index is 3.11. The molecule has 0 aliphatic heterocycles. The van der Waals surface area contributed by atoms with Gasteiger partial charge in [0.15, 0.2) is 5.82 Å². The fourth-order valence-corrected chi connectivity index (χ4v) is 1.08. The average Bonchev–Trinajstić information content (AvgIpc) is 2.29. The number of rotatable bonds is 1. The number of nitrogens with two attached hydrogens (primary N) is 1. The monoisotopic (exact) mass is 182 g/mol. The highest BCUT2D eigenvalue weighted by molar-refractivity contribution is 5.19. The molecular weight excluding hydrogens is 164 g/mol. The molecule has 0 aliphatic rings. The Morgan fingerprint density at radius 1 is 1.31 bits per heavy atom. The number of nitrogens with zero attached hydrogens (tertiary/aromatic N) is 3. The van der Waals surface area contributed by atoms with E-state index in [2.05, 4.69) is 44.7 Å². The van der Waals surface area contributed by atoms with Crippen molar-refractivity contribution in [2.24, 2.45) is 0 Å². The van der Waals surface area contributed by atoms with Crippen LogP contribution in [0.2, 0.25) is 0 Å². The van der Waals surface area contributed by atoms with Crippen LogP contribution in [0, 0.1) is 0 Å². The largest absolute Gasteiger partial charge is 0.368 e. The molecule has 0 aliphatic carbocycles. The minimum Gasteiger partial charge on any atom is -0.368 e. The third-order valence-electron chi connectivity index (χ3n) is 1.80. The zero-order chi connectivity index (χ0) is 10.2. The Hall–Kier alpha value is -1.06. The van der Waals surface area contributed by atoms with Gasteiger partial charge in [0.1, 0.15) is 0 Å². The van der Waals surface area contributed by atoms with Gasteiger partial charge in [-0.05, 0) is 20.8 Å². The third kappa shape index (κ3) is 1.99. The molecule has 13 heavy (non-hydrogen) atoms. The van der Waals surface area contributed by atoms with Gasteiger partial charge in [-0.3, -0.25) is 0 Å². The highest BCUT2D eigenvalue weighted by atomic mass is 15.4. The summed E-state index contributed by atoms with van der Waals surface area (Å²) in [5.74, 6) is 1.63. The van der Waals surface area contributed by atoms with E-state index < -0.39 is 0 Å². The lowest BCUT2D eigenvalue weighted by Crippen LogP contribution is -2.25. The lowest BCUT2D eigenvalue weighted by Gasteiger charge is -2.19. The Bertz CT molecular complexity index is 293. The van der Waals surface area contributed by atoms with Crippen molar-refractivity contribution >= 4 is 5.95 Å². The van der Waals surface area contributed by atoms with Crippen molar-refractivity contribution in [3.8, 4) is 0 Å². The van der Waals surface area contributed by atoms with Gasteiger partial charge in [0.25, 0.3) is 0 Å². The highest BCUT2D eigenvalue weighted by Gasteiger charge is 2.20. The number of aromatic nitrogens is 3. The van der Waals surface area contributed by atoms with Crippen molar-refractivity contribution in [3.05, 3.63) is 5.82 Å². The normalized spacial score (nSPS) is 12.5. The van der Waals surface area contributed by atoms with Gasteiger partial charge >= 0.3 is 0 Å². The third-order valence-corrected chi connectivity index (χ3v) is 1.80. The van der Waals surface area contributed by atoms with Crippen molar-refractivity contribution in [2.75, 3.05) is 5.73 Å². The predicted octanol–water partition coefficient (Wildman–Crippen LogP) is 1.74. The second-order valence-electron chi connectivity index (χ2n) is 4.57. The molecule has 0 atom stereocenters. The van der Waals surface area contributed by atoms with Crippen molar-refractivity contribution in [2.45, 2.75) is 46.1 Å². The summed E-state index contributed by atoms with van der Waals surface area (Å²) in [6, 6.07) is 0. The lowest BCUT2D eigenvalue weighted by molar-refractivity contribution is 0.358. The second-order valence-corrected chi connectivity index (χ2v) is 4.57. The number of nitrogen functional groups attached to an aromatic ring is 1. The molecule has 74 valence electrons. The number of anilines is 1. The van der Waals surface area contributed by atoms with E-state index in [0.717, 1.165) is 5.82 Å². The molecule has 4 nitrogen and oxygen atoms in total. The first-order chi connectivity index (χ1) is 5.82. The predicted molar refractivity (Wildman–Crippen MR) is 53.5 cm³/mol. The smallest absolute Gasteiger partial charge is 0.219 e. The van der Waals surface area contributed by atoms with Crippen LogP contribution >= 0.6 is 0 Å². The van der Waals surface area contributed by atoms with Crippen molar-refractivity contribution in [1.82, 2.24) is 14.8 Å². The SMILES string of the molecule is CC(C)c1nc(N)n(C(C)(C)C)n1. The van der Waals surface area contributed by atoms with E-state index in [4.69, 9.17) is 5.73 Å². The summed E-state index contributed by atoms with van der Waals surface area (Å²) < 4.78 is 1.77. The Kier molecular flexibility index (Phi) is 2.32. The number of hydrogen-bond acceptors (Lipinski definition) is 3. The molecule has 0 spiro atoms. The van der Waals surface area contributed by atoms with Crippen LogP contribution in [0.1, 0.15) is 46.4 Å². The molecule has 0 fully saturated rings. The molecule has 0 bridgehead atoms. The molecular formula is C9H18N4. The van der Waals surface area contributed by atoms with Crippen LogP contribution in [0.15, 0.2) is 0 Å². The second kappa shape index (κ2) is 3.01. The quantitative estimate of drug-likeness (QED) is 0.719. The van der Waals surface area contributed by atoms with Gasteiger partial charge in [0.2, 0.25) is 5.95 Å². The molecule has 0 radical (unpaired) electrons. The standard InChI is InChI=1S/C9H18N4/c1-6(2)7-11-8(10)13(12-7)9(3,4)5/h6H,1-5H3,(H2,10,11,12). The minimum absolute atomic E-state index is 0.0930.